The Hall–Kier alpha value is -2.83. The molecule has 7 heteroatoms. The van der Waals surface area contributed by atoms with Crippen LogP contribution in [0.15, 0.2) is 46.2 Å². The first-order valence-corrected chi connectivity index (χ1v) is 11.0. The molecule has 0 aliphatic heterocycles. The van der Waals surface area contributed by atoms with E-state index >= 15 is 0 Å². The second kappa shape index (κ2) is 11.0. The molecule has 1 aromatic heterocycles. The van der Waals surface area contributed by atoms with Gasteiger partial charge in [0.05, 0.1) is 12.6 Å². The number of guanidine groups is 1. The normalized spacial score (nSPS) is 14.9. The summed E-state index contributed by atoms with van der Waals surface area (Å²) in [5.74, 6) is 1.24. The van der Waals surface area contributed by atoms with Gasteiger partial charge in [0.25, 0.3) is 5.56 Å². The monoisotopic (exact) mass is 428 g/mol. The van der Waals surface area contributed by atoms with E-state index in [2.05, 4.69) is 15.6 Å². The van der Waals surface area contributed by atoms with Crippen molar-refractivity contribution in [1.82, 2.24) is 15.2 Å². The summed E-state index contributed by atoms with van der Waals surface area (Å²) < 4.78 is 21.7. The maximum atomic E-state index is 14.4. The van der Waals surface area contributed by atoms with E-state index in [1.165, 1.54) is 18.9 Å². The maximum Gasteiger partial charge on any atom is 0.250 e. The third-order valence-corrected chi connectivity index (χ3v) is 5.57. The van der Waals surface area contributed by atoms with Crippen LogP contribution in [0.25, 0.3) is 0 Å². The Morgan fingerprint density at radius 3 is 2.77 bits per heavy atom. The van der Waals surface area contributed by atoms with Gasteiger partial charge in [-0.1, -0.05) is 12.1 Å². The highest BCUT2D eigenvalue weighted by atomic mass is 19.1. The largest absolute Gasteiger partial charge is 0.490 e. The number of nitrogens with one attached hydrogen (secondary N) is 2. The second-order valence-corrected chi connectivity index (χ2v) is 8.17. The number of aryl methyl sites for hydroxylation is 1. The van der Waals surface area contributed by atoms with Gasteiger partial charge < -0.3 is 19.9 Å². The predicted molar refractivity (Wildman–Crippen MR) is 122 cm³/mol. The molecule has 0 saturated heterocycles. The molecule has 168 valence electrons. The standard InChI is InChI=1S/C24H33FN4O2/c1-17-7-6-8-23(30)29(17)14-5-4-13-27-24(26-3)28-18(2)20-11-12-22(21(25)15-20)31-16-19-9-10-19/h6-8,11-12,15,18-19H,4-5,9-10,13-14,16H2,1-3H3,(H2,26,27,28). The molecule has 0 radical (unpaired) electrons. The lowest BCUT2D eigenvalue weighted by Crippen LogP contribution is -2.39. The van der Waals surface area contributed by atoms with Gasteiger partial charge in [0, 0.05) is 31.9 Å². The highest BCUT2D eigenvalue weighted by molar-refractivity contribution is 5.80. The van der Waals surface area contributed by atoms with Gasteiger partial charge in [-0.15, -0.1) is 0 Å². The Kier molecular flexibility index (Phi) is 8.09. The van der Waals surface area contributed by atoms with E-state index in [-0.39, 0.29) is 17.4 Å². The van der Waals surface area contributed by atoms with Crippen LogP contribution < -0.4 is 20.9 Å². The van der Waals surface area contributed by atoms with Crippen molar-refractivity contribution in [2.75, 3.05) is 20.2 Å². The third kappa shape index (κ3) is 6.84. The minimum atomic E-state index is -0.332. The van der Waals surface area contributed by atoms with Gasteiger partial charge in [0.2, 0.25) is 0 Å². The summed E-state index contributed by atoms with van der Waals surface area (Å²) in [7, 11) is 1.71. The summed E-state index contributed by atoms with van der Waals surface area (Å²) in [6, 6.07) is 10.3. The quantitative estimate of drug-likeness (QED) is 0.343. The lowest BCUT2D eigenvalue weighted by Gasteiger charge is -2.19. The zero-order valence-corrected chi connectivity index (χ0v) is 18.7. The average Bonchev–Trinajstić information content (AvgIpc) is 3.58. The van der Waals surface area contributed by atoms with Crippen molar-refractivity contribution in [2.24, 2.45) is 10.9 Å². The summed E-state index contributed by atoms with van der Waals surface area (Å²) in [6.45, 7) is 5.94. The molecule has 1 aliphatic carbocycles. The average molecular weight is 429 g/mol. The fourth-order valence-electron chi connectivity index (χ4n) is 3.39. The van der Waals surface area contributed by atoms with E-state index in [1.54, 1.807) is 29.8 Å². The minimum Gasteiger partial charge on any atom is -0.490 e. The molecule has 2 aromatic rings. The van der Waals surface area contributed by atoms with Crippen LogP contribution in [0.2, 0.25) is 0 Å². The summed E-state index contributed by atoms with van der Waals surface area (Å²) in [6.07, 6.45) is 4.14. The molecule has 1 unspecified atom stereocenters. The van der Waals surface area contributed by atoms with Gasteiger partial charge in [-0.2, -0.15) is 0 Å². The molecule has 6 nitrogen and oxygen atoms in total. The fraction of sp³-hybridized carbons (Fsp3) is 0.500. The highest BCUT2D eigenvalue weighted by Crippen LogP contribution is 2.30. The van der Waals surface area contributed by atoms with Crippen molar-refractivity contribution in [3.8, 4) is 5.75 Å². The van der Waals surface area contributed by atoms with Crippen molar-refractivity contribution in [3.63, 3.8) is 0 Å². The van der Waals surface area contributed by atoms with Crippen molar-refractivity contribution in [1.29, 1.82) is 0 Å². The summed E-state index contributed by atoms with van der Waals surface area (Å²) >= 11 is 0. The van der Waals surface area contributed by atoms with Gasteiger partial charge in [0.1, 0.15) is 0 Å². The molecule has 31 heavy (non-hydrogen) atoms. The fourth-order valence-corrected chi connectivity index (χ4v) is 3.39. The Morgan fingerprint density at radius 2 is 2.10 bits per heavy atom. The van der Waals surface area contributed by atoms with Crippen molar-refractivity contribution < 1.29 is 9.13 Å². The smallest absolute Gasteiger partial charge is 0.250 e. The number of aliphatic imine (C=N–C) groups is 1. The summed E-state index contributed by atoms with van der Waals surface area (Å²) in [5.41, 5.74) is 1.84. The molecule has 1 fully saturated rings. The number of pyridine rings is 1. The Labute approximate surface area is 183 Å². The number of unbranched alkanes of at least 4 members (excludes halogenated alkanes) is 1. The molecule has 3 rings (SSSR count). The first-order valence-electron chi connectivity index (χ1n) is 11.0. The van der Waals surface area contributed by atoms with Gasteiger partial charge in [-0.05, 0) is 69.2 Å². The molecule has 0 bridgehead atoms. The first kappa shape index (κ1) is 22.8. The topological polar surface area (TPSA) is 67.7 Å². The Bertz CT molecular complexity index is 953. The van der Waals surface area contributed by atoms with Crippen LogP contribution in [0, 0.1) is 18.7 Å². The second-order valence-electron chi connectivity index (χ2n) is 8.17. The van der Waals surface area contributed by atoms with Crippen LogP contribution >= 0.6 is 0 Å². The minimum absolute atomic E-state index is 0.0375. The van der Waals surface area contributed by atoms with Gasteiger partial charge in [-0.25, -0.2) is 4.39 Å². The summed E-state index contributed by atoms with van der Waals surface area (Å²) in [5, 5.41) is 6.58. The van der Waals surface area contributed by atoms with Crippen molar-refractivity contribution in [2.45, 2.75) is 52.1 Å². The number of nitrogens with zero attached hydrogens (tertiary/aromatic N) is 2. The number of benzene rings is 1. The number of hydrogen-bond donors (Lipinski definition) is 2. The number of hydrogen-bond acceptors (Lipinski definition) is 3. The van der Waals surface area contributed by atoms with E-state index in [0.717, 1.165) is 30.6 Å². The van der Waals surface area contributed by atoms with Crippen LogP contribution in [0.1, 0.15) is 49.9 Å². The number of ether oxygens (including phenoxy) is 1. The van der Waals surface area contributed by atoms with Crippen LogP contribution in [0.5, 0.6) is 5.75 Å². The van der Waals surface area contributed by atoms with E-state index in [9.17, 15) is 9.18 Å². The molecule has 0 spiro atoms. The van der Waals surface area contributed by atoms with Crippen molar-refractivity contribution in [3.05, 3.63) is 63.8 Å². The zero-order valence-electron chi connectivity index (χ0n) is 18.7. The van der Waals surface area contributed by atoms with Gasteiger partial charge in [-0.3, -0.25) is 9.79 Å². The predicted octanol–water partition coefficient (Wildman–Crippen LogP) is 3.79. The third-order valence-electron chi connectivity index (χ3n) is 5.57. The van der Waals surface area contributed by atoms with E-state index in [4.69, 9.17) is 4.74 Å². The Morgan fingerprint density at radius 1 is 1.29 bits per heavy atom. The summed E-state index contributed by atoms with van der Waals surface area (Å²) in [4.78, 5) is 16.2. The molecule has 2 N–H and O–H groups in total. The van der Waals surface area contributed by atoms with Crippen LogP contribution in [0.4, 0.5) is 4.39 Å². The van der Waals surface area contributed by atoms with Gasteiger partial charge in [0.15, 0.2) is 17.5 Å². The molecule has 1 aromatic carbocycles. The molecular formula is C24H33FN4O2. The zero-order chi connectivity index (χ0) is 22.2. The maximum absolute atomic E-state index is 14.4. The molecular weight excluding hydrogens is 395 g/mol. The number of aromatic nitrogens is 1. The van der Waals surface area contributed by atoms with Crippen LogP contribution in [-0.4, -0.2) is 30.7 Å². The lowest BCUT2D eigenvalue weighted by atomic mass is 10.1. The SMILES string of the molecule is CN=C(NCCCCn1c(C)cccc1=O)NC(C)c1ccc(OCC2CC2)c(F)c1. The highest BCUT2D eigenvalue weighted by Gasteiger charge is 2.22. The van der Waals surface area contributed by atoms with Crippen LogP contribution in [0.3, 0.4) is 0 Å². The van der Waals surface area contributed by atoms with Crippen LogP contribution in [-0.2, 0) is 6.54 Å². The molecule has 1 atom stereocenters. The van der Waals surface area contributed by atoms with Crippen molar-refractivity contribution >= 4 is 5.96 Å². The molecule has 1 aliphatic rings. The lowest BCUT2D eigenvalue weighted by molar-refractivity contribution is 0.285. The molecule has 1 saturated carbocycles. The van der Waals surface area contributed by atoms with E-state index < -0.39 is 0 Å². The van der Waals surface area contributed by atoms with Gasteiger partial charge >= 0.3 is 0 Å². The number of rotatable bonds is 10. The Balaban J connectivity index is 1.42. The molecule has 0 amide bonds. The number of halogens is 1. The van der Waals surface area contributed by atoms with E-state index in [0.29, 0.717) is 30.8 Å². The van der Waals surface area contributed by atoms with E-state index in [1.807, 2.05) is 26.0 Å². The molecule has 1 heterocycles. The first-order chi connectivity index (χ1) is 15.0.